The van der Waals surface area contributed by atoms with Crippen LogP contribution in [0.1, 0.15) is 23.5 Å². The Morgan fingerprint density at radius 2 is 1.80 bits per heavy atom. The first-order chi connectivity index (χ1) is 9.65. The lowest BCUT2D eigenvalue weighted by atomic mass is 9.87. The molecule has 2 atom stereocenters. The van der Waals surface area contributed by atoms with Gasteiger partial charge in [0.1, 0.15) is 5.82 Å². The molecule has 1 heterocycles. The number of hydrogen-bond acceptors (Lipinski definition) is 1. The molecule has 102 valence electrons. The molecule has 0 aliphatic carbocycles. The summed E-state index contributed by atoms with van der Waals surface area (Å²) in [6, 6.07) is 14.2. The van der Waals surface area contributed by atoms with E-state index in [0.29, 0.717) is 6.42 Å². The van der Waals surface area contributed by atoms with Crippen molar-refractivity contribution in [3.05, 3.63) is 65.5 Å². The van der Waals surface area contributed by atoms with E-state index >= 15 is 0 Å². The van der Waals surface area contributed by atoms with E-state index in [9.17, 15) is 9.18 Å². The van der Waals surface area contributed by atoms with Crippen LogP contribution in [0, 0.1) is 5.82 Å². The standard InChI is InChI=1S/C16H13BrFNO/c17-14-9-13(10-5-7-11(18)8-6-10)12-3-1-2-4-15(12)19-16(14)20/h1-8,13-14H,9H2,(H,19,20). The summed E-state index contributed by atoms with van der Waals surface area (Å²) in [6.45, 7) is 0. The maximum Gasteiger partial charge on any atom is 0.238 e. The van der Waals surface area contributed by atoms with Gasteiger partial charge in [0, 0.05) is 11.6 Å². The summed E-state index contributed by atoms with van der Waals surface area (Å²) in [7, 11) is 0. The lowest BCUT2D eigenvalue weighted by Crippen LogP contribution is -2.21. The molecule has 1 aliphatic heterocycles. The van der Waals surface area contributed by atoms with Gasteiger partial charge in [-0.15, -0.1) is 0 Å². The summed E-state index contributed by atoms with van der Waals surface area (Å²) in [6.07, 6.45) is 0.647. The SMILES string of the molecule is O=C1Nc2ccccc2C(c2ccc(F)cc2)CC1Br. The molecule has 0 spiro atoms. The molecule has 0 saturated heterocycles. The Kier molecular flexibility index (Phi) is 3.57. The van der Waals surface area contributed by atoms with Crippen molar-refractivity contribution < 1.29 is 9.18 Å². The molecule has 2 aromatic rings. The van der Waals surface area contributed by atoms with E-state index < -0.39 is 0 Å². The quantitative estimate of drug-likeness (QED) is 0.783. The molecule has 1 amide bonds. The van der Waals surface area contributed by atoms with Crippen LogP contribution < -0.4 is 5.32 Å². The van der Waals surface area contributed by atoms with Gasteiger partial charge in [0.05, 0.1) is 4.83 Å². The normalized spacial score (nSPS) is 21.8. The van der Waals surface area contributed by atoms with Gasteiger partial charge in [-0.05, 0) is 35.7 Å². The zero-order valence-electron chi connectivity index (χ0n) is 10.6. The molecule has 4 heteroatoms. The lowest BCUT2D eigenvalue weighted by molar-refractivity contribution is -0.115. The molecule has 0 fully saturated rings. The average Bonchev–Trinajstić information content (AvgIpc) is 2.58. The van der Waals surface area contributed by atoms with Gasteiger partial charge in [0.15, 0.2) is 0 Å². The van der Waals surface area contributed by atoms with Crippen LogP contribution in [0.25, 0.3) is 0 Å². The fourth-order valence-corrected chi connectivity index (χ4v) is 3.07. The van der Waals surface area contributed by atoms with Crippen molar-refractivity contribution in [3.63, 3.8) is 0 Å². The van der Waals surface area contributed by atoms with Gasteiger partial charge in [0.2, 0.25) is 5.91 Å². The first kappa shape index (κ1) is 13.3. The number of alkyl halides is 1. The summed E-state index contributed by atoms with van der Waals surface area (Å²) in [5.41, 5.74) is 2.91. The van der Waals surface area contributed by atoms with E-state index in [2.05, 4.69) is 21.2 Å². The molecule has 1 N–H and O–H groups in total. The smallest absolute Gasteiger partial charge is 0.238 e. The predicted octanol–water partition coefficient (Wildman–Crippen LogP) is 4.06. The Bertz CT molecular complexity index is 641. The topological polar surface area (TPSA) is 29.1 Å². The Balaban J connectivity index is 2.09. The van der Waals surface area contributed by atoms with Crippen LogP contribution in [0.2, 0.25) is 0 Å². The number of halogens is 2. The molecular weight excluding hydrogens is 321 g/mol. The van der Waals surface area contributed by atoms with Crippen LogP contribution in [0.3, 0.4) is 0 Å². The number of nitrogens with one attached hydrogen (secondary N) is 1. The van der Waals surface area contributed by atoms with Crippen LogP contribution in [0.5, 0.6) is 0 Å². The zero-order chi connectivity index (χ0) is 14.1. The average molecular weight is 334 g/mol. The van der Waals surface area contributed by atoms with E-state index in [1.54, 1.807) is 12.1 Å². The Hall–Kier alpha value is -1.68. The predicted molar refractivity (Wildman–Crippen MR) is 80.6 cm³/mol. The maximum atomic E-state index is 13.1. The summed E-state index contributed by atoms with van der Waals surface area (Å²) in [4.78, 5) is 11.7. The second-order valence-corrected chi connectivity index (χ2v) is 5.99. The van der Waals surface area contributed by atoms with Crippen molar-refractivity contribution in [1.82, 2.24) is 0 Å². The minimum absolute atomic E-state index is 0.0398. The lowest BCUT2D eigenvalue weighted by Gasteiger charge is -2.18. The van der Waals surface area contributed by atoms with E-state index in [1.165, 1.54) is 12.1 Å². The van der Waals surface area contributed by atoms with Crippen LogP contribution in [0.15, 0.2) is 48.5 Å². The van der Waals surface area contributed by atoms with Crippen molar-refractivity contribution in [2.45, 2.75) is 17.2 Å². The van der Waals surface area contributed by atoms with Gasteiger partial charge in [-0.2, -0.15) is 0 Å². The van der Waals surface area contributed by atoms with E-state index in [0.717, 1.165) is 16.8 Å². The van der Waals surface area contributed by atoms with Crippen LogP contribution >= 0.6 is 15.9 Å². The maximum absolute atomic E-state index is 13.1. The monoisotopic (exact) mass is 333 g/mol. The van der Waals surface area contributed by atoms with Gasteiger partial charge in [-0.1, -0.05) is 46.3 Å². The molecule has 0 bridgehead atoms. The molecule has 2 unspecified atom stereocenters. The molecule has 2 aromatic carbocycles. The largest absolute Gasteiger partial charge is 0.325 e. The van der Waals surface area contributed by atoms with Crippen molar-refractivity contribution in [3.8, 4) is 0 Å². The Labute approximate surface area is 125 Å². The highest BCUT2D eigenvalue weighted by molar-refractivity contribution is 9.10. The zero-order valence-corrected chi connectivity index (χ0v) is 12.2. The molecule has 2 nitrogen and oxygen atoms in total. The van der Waals surface area contributed by atoms with Crippen LogP contribution in [-0.2, 0) is 4.79 Å². The Morgan fingerprint density at radius 1 is 1.10 bits per heavy atom. The number of carbonyl (C=O) groups excluding carboxylic acids is 1. The minimum Gasteiger partial charge on any atom is -0.325 e. The number of carbonyl (C=O) groups is 1. The molecule has 1 aliphatic rings. The highest BCUT2D eigenvalue weighted by Crippen LogP contribution is 2.38. The van der Waals surface area contributed by atoms with Crippen molar-refractivity contribution in [2.75, 3.05) is 5.32 Å². The third-order valence-electron chi connectivity index (χ3n) is 3.59. The second kappa shape index (κ2) is 5.37. The second-order valence-electron chi connectivity index (χ2n) is 4.88. The first-order valence-corrected chi connectivity index (χ1v) is 7.36. The molecule has 3 rings (SSSR count). The molecular formula is C16H13BrFNO. The highest BCUT2D eigenvalue weighted by Gasteiger charge is 2.28. The molecule has 0 saturated carbocycles. The number of para-hydroxylation sites is 1. The number of fused-ring (bicyclic) bond motifs is 1. The summed E-state index contributed by atoms with van der Waals surface area (Å²) in [5, 5.41) is 2.92. The number of anilines is 1. The van der Waals surface area contributed by atoms with E-state index in [1.807, 2.05) is 24.3 Å². The fourth-order valence-electron chi connectivity index (χ4n) is 2.58. The summed E-state index contributed by atoms with van der Waals surface area (Å²) in [5.74, 6) is -0.225. The van der Waals surface area contributed by atoms with Crippen LogP contribution in [-0.4, -0.2) is 10.7 Å². The highest BCUT2D eigenvalue weighted by atomic mass is 79.9. The Morgan fingerprint density at radius 3 is 2.55 bits per heavy atom. The molecule has 0 radical (unpaired) electrons. The molecule has 20 heavy (non-hydrogen) atoms. The summed E-state index contributed by atoms with van der Waals surface area (Å²) >= 11 is 3.43. The number of amides is 1. The van der Waals surface area contributed by atoms with Gasteiger partial charge in [-0.25, -0.2) is 4.39 Å². The van der Waals surface area contributed by atoms with Crippen LogP contribution in [0.4, 0.5) is 10.1 Å². The summed E-state index contributed by atoms with van der Waals surface area (Å²) < 4.78 is 13.1. The van der Waals surface area contributed by atoms with Crippen molar-refractivity contribution in [1.29, 1.82) is 0 Å². The van der Waals surface area contributed by atoms with Gasteiger partial charge in [-0.3, -0.25) is 4.79 Å². The minimum atomic E-state index is -0.259. The van der Waals surface area contributed by atoms with Gasteiger partial charge in [0.25, 0.3) is 0 Å². The van der Waals surface area contributed by atoms with Gasteiger partial charge >= 0.3 is 0 Å². The molecule has 0 aromatic heterocycles. The number of benzene rings is 2. The van der Waals surface area contributed by atoms with Gasteiger partial charge < -0.3 is 5.32 Å². The first-order valence-electron chi connectivity index (χ1n) is 6.44. The fraction of sp³-hybridized carbons (Fsp3) is 0.188. The van der Waals surface area contributed by atoms with Crippen molar-refractivity contribution in [2.24, 2.45) is 0 Å². The third-order valence-corrected chi connectivity index (χ3v) is 4.38. The van der Waals surface area contributed by atoms with E-state index in [4.69, 9.17) is 0 Å². The third kappa shape index (κ3) is 2.48. The number of hydrogen-bond donors (Lipinski definition) is 1. The van der Waals surface area contributed by atoms with E-state index in [-0.39, 0.29) is 22.5 Å². The van der Waals surface area contributed by atoms with Crippen molar-refractivity contribution >= 4 is 27.5 Å². The number of rotatable bonds is 1.